The SMILES string of the molecule is CCCCCC[C@H](C)n1ccc(N)n1. The van der Waals surface area contributed by atoms with Gasteiger partial charge in [0.2, 0.25) is 0 Å². The largest absolute Gasteiger partial charge is 0.382 e. The third-order valence-corrected chi connectivity index (χ3v) is 2.56. The number of anilines is 1. The Morgan fingerprint density at radius 2 is 2.21 bits per heavy atom. The highest BCUT2D eigenvalue weighted by molar-refractivity contribution is 5.23. The normalized spacial score (nSPS) is 13.0. The molecule has 0 bridgehead atoms. The first-order chi connectivity index (χ1) is 6.74. The zero-order chi connectivity index (χ0) is 10.4. The Morgan fingerprint density at radius 1 is 1.43 bits per heavy atom. The Labute approximate surface area is 86.3 Å². The molecule has 14 heavy (non-hydrogen) atoms. The Bertz CT molecular complexity index is 255. The first-order valence-corrected chi connectivity index (χ1v) is 5.54. The molecule has 3 nitrogen and oxygen atoms in total. The summed E-state index contributed by atoms with van der Waals surface area (Å²) in [5, 5.41) is 4.20. The minimum Gasteiger partial charge on any atom is -0.382 e. The maximum Gasteiger partial charge on any atom is 0.145 e. The summed E-state index contributed by atoms with van der Waals surface area (Å²) in [6, 6.07) is 2.33. The molecular formula is C11H21N3. The van der Waals surface area contributed by atoms with Crippen molar-refractivity contribution in [1.82, 2.24) is 9.78 Å². The van der Waals surface area contributed by atoms with Crippen LogP contribution in [0.5, 0.6) is 0 Å². The molecule has 0 fully saturated rings. The third-order valence-electron chi connectivity index (χ3n) is 2.56. The van der Waals surface area contributed by atoms with Gasteiger partial charge in [0, 0.05) is 12.2 Å². The van der Waals surface area contributed by atoms with Crippen LogP contribution in [0, 0.1) is 0 Å². The lowest BCUT2D eigenvalue weighted by Crippen LogP contribution is -2.06. The lowest BCUT2D eigenvalue weighted by atomic mass is 10.1. The number of unbranched alkanes of at least 4 members (excludes halogenated alkanes) is 3. The van der Waals surface area contributed by atoms with Crippen molar-refractivity contribution in [2.75, 3.05) is 5.73 Å². The van der Waals surface area contributed by atoms with Gasteiger partial charge < -0.3 is 5.73 Å². The average Bonchev–Trinajstić information content (AvgIpc) is 2.59. The van der Waals surface area contributed by atoms with E-state index < -0.39 is 0 Å². The summed E-state index contributed by atoms with van der Waals surface area (Å²) in [5.41, 5.74) is 5.56. The number of nitrogen functional groups attached to an aromatic ring is 1. The van der Waals surface area contributed by atoms with Gasteiger partial charge in [-0.15, -0.1) is 0 Å². The van der Waals surface area contributed by atoms with Crippen LogP contribution in [0.15, 0.2) is 12.3 Å². The molecule has 0 spiro atoms. The van der Waals surface area contributed by atoms with E-state index in [-0.39, 0.29) is 0 Å². The van der Waals surface area contributed by atoms with Gasteiger partial charge in [-0.05, 0) is 19.4 Å². The van der Waals surface area contributed by atoms with Gasteiger partial charge >= 0.3 is 0 Å². The Balaban J connectivity index is 2.25. The predicted molar refractivity (Wildman–Crippen MR) is 60.1 cm³/mol. The number of hydrogen-bond donors (Lipinski definition) is 1. The van der Waals surface area contributed by atoms with Crippen LogP contribution in [-0.2, 0) is 0 Å². The van der Waals surface area contributed by atoms with Gasteiger partial charge in [-0.3, -0.25) is 4.68 Å². The fraction of sp³-hybridized carbons (Fsp3) is 0.727. The highest BCUT2D eigenvalue weighted by Crippen LogP contribution is 2.15. The third kappa shape index (κ3) is 3.40. The molecule has 0 unspecified atom stereocenters. The van der Waals surface area contributed by atoms with E-state index in [1.54, 1.807) is 0 Å². The van der Waals surface area contributed by atoms with Gasteiger partial charge in [-0.1, -0.05) is 32.6 Å². The second-order valence-corrected chi connectivity index (χ2v) is 3.92. The minimum absolute atomic E-state index is 0.476. The molecular weight excluding hydrogens is 174 g/mol. The van der Waals surface area contributed by atoms with Crippen molar-refractivity contribution in [3.8, 4) is 0 Å². The topological polar surface area (TPSA) is 43.8 Å². The van der Waals surface area contributed by atoms with Crippen LogP contribution < -0.4 is 5.73 Å². The maximum atomic E-state index is 5.56. The van der Waals surface area contributed by atoms with Gasteiger partial charge in [0.05, 0.1) is 0 Å². The molecule has 80 valence electrons. The monoisotopic (exact) mass is 195 g/mol. The summed E-state index contributed by atoms with van der Waals surface area (Å²) >= 11 is 0. The molecule has 0 saturated carbocycles. The Kier molecular flexibility index (Phi) is 4.50. The molecule has 1 heterocycles. The van der Waals surface area contributed by atoms with Crippen LogP contribution in [0.4, 0.5) is 5.82 Å². The van der Waals surface area contributed by atoms with E-state index in [9.17, 15) is 0 Å². The fourth-order valence-electron chi connectivity index (χ4n) is 1.60. The highest BCUT2D eigenvalue weighted by Gasteiger charge is 2.04. The summed E-state index contributed by atoms with van der Waals surface area (Å²) < 4.78 is 1.96. The standard InChI is InChI=1S/C11H21N3/c1-3-4-5-6-7-10(2)14-9-8-11(12)13-14/h8-10H,3-7H2,1-2H3,(H2,12,13)/t10-/m0/s1. The smallest absolute Gasteiger partial charge is 0.145 e. The number of hydrogen-bond acceptors (Lipinski definition) is 2. The molecule has 0 aliphatic heterocycles. The van der Waals surface area contributed by atoms with Crippen LogP contribution >= 0.6 is 0 Å². The van der Waals surface area contributed by atoms with Gasteiger partial charge in [0.15, 0.2) is 0 Å². The average molecular weight is 195 g/mol. The zero-order valence-corrected chi connectivity index (χ0v) is 9.24. The van der Waals surface area contributed by atoms with Crippen LogP contribution in [0.3, 0.4) is 0 Å². The number of nitrogens with zero attached hydrogens (tertiary/aromatic N) is 2. The fourth-order valence-corrected chi connectivity index (χ4v) is 1.60. The van der Waals surface area contributed by atoms with Crippen molar-refractivity contribution in [2.24, 2.45) is 0 Å². The molecule has 0 amide bonds. The van der Waals surface area contributed by atoms with Gasteiger partial charge in [0.25, 0.3) is 0 Å². The molecule has 0 aliphatic carbocycles. The highest BCUT2D eigenvalue weighted by atomic mass is 15.3. The first kappa shape index (κ1) is 11.1. The molecule has 2 N–H and O–H groups in total. The molecule has 0 aromatic carbocycles. The van der Waals surface area contributed by atoms with E-state index in [0.29, 0.717) is 11.9 Å². The molecule has 1 aromatic heterocycles. The summed E-state index contributed by atoms with van der Waals surface area (Å²) in [6.07, 6.45) is 8.41. The van der Waals surface area contributed by atoms with Crippen molar-refractivity contribution in [1.29, 1.82) is 0 Å². The van der Waals surface area contributed by atoms with Gasteiger partial charge in [-0.2, -0.15) is 5.10 Å². The number of aromatic nitrogens is 2. The molecule has 0 saturated heterocycles. The second-order valence-electron chi connectivity index (χ2n) is 3.92. The molecule has 1 aromatic rings. The molecule has 1 atom stereocenters. The van der Waals surface area contributed by atoms with Gasteiger partial charge in [-0.25, -0.2) is 0 Å². The van der Waals surface area contributed by atoms with Crippen molar-refractivity contribution in [3.05, 3.63) is 12.3 Å². The van der Waals surface area contributed by atoms with Gasteiger partial charge in [0.1, 0.15) is 5.82 Å². The molecule has 0 radical (unpaired) electrons. The Morgan fingerprint density at radius 3 is 2.79 bits per heavy atom. The van der Waals surface area contributed by atoms with E-state index in [0.717, 1.165) is 0 Å². The van der Waals surface area contributed by atoms with E-state index in [2.05, 4.69) is 18.9 Å². The van der Waals surface area contributed by atoms with E-state index in [4.69, 9.17) is 5.73 Å². The number of nitrogens with two attached hydrogens (primary N) is 1. The van der Waals surface area contributed by atoms with Crippen LogP contribution in [-0.4, -0.2) is 9.78 Å². The second kappa shape index (κ2) is 5.68. The Hall–Kier alpha value is -0.990. The first-order valence-electron chi connectivity index (χ1n) is 5.54. The van der Waals surface area contributed by atoms with Crippen molar-refractivity contribution in [2.45, 2.75) is 52.0 Å². The van der Waals surface area contributed by atoms with Crippen molar-refractivity contribution in [3.63, 3.8) is 0 Å². The lowest BCUT2D eigenvalue weighted by molar-refractivity contribution is 0.437. The van der Waals surface area contributed by atoms with E-state index in [1.165, 1.54) is 32.1 Å². The van der Waals surface area contributed by atoms with Crippen molar-refractivity contribution >= 4 is 5.82 Å². The zero-order valence-electron chi connectivity index (χ0n) is 9.24. The predicted octanol–water partition coefficient (Wildman–Crippen LogP) is 3.00. The van der Waals surface area contributed by atoms with E-state index >= 15 is 0 Å². The van der Waals surface area contributed by atoms with E-state index in [1.807, 2.05) is 16.9 Å². The molecule has 0 aliphatic rings. The lowest BCUT2D eigenvalue weighted by Gasteiger charge is -2.11. The van der Waals surface area contributed by atoms with Crippen LogP contribution in [0.2, 0.25) is 0 Å². The minimum atomic E-state index is 0.476. The number of rotatable bonds is 6. The van der Waals surface area contributed by atoms with Crippen LogP contribution in [0.1, 0.15) is 52.0 Å². The summed E-state index contributed by atoms with van der Waals surface area (Å²) in [7, 11) is 0. The van der Waals surface area contributed by atoms with Crippen LogP contribution in [0.25, 0.3) is 0 Å². The maximum absolute atomic E-state index is 5.56. The summed E-state index contributed by atoms with van der Waals surface area (Å²) in [5.74, 6) is 0.616. The summed E-state index contributed by atoms with van der Waals surface area (Å²) in [4.78, 5) is 0. The quantitative estimate of drug-likeness (QED) is 0.709. The molecule has 1 rings (SSSR count). The summed E-state index contributed by atoms with van der Waals surface area (Å²) in [6.45, 7) is 4.43. The van der Waals surface area contributed by atoms with Crippen molar-refractivity contribution < 1.29 is 0 Å². The molecule has 3 heteroatoms.